The van der Waals surface area contributed by atoms with Crippen LogP contribution in [0.2, 0.25) is 0 Å². The van der Waals surface area contributed by atoms with E-state index in [1.165, 1.54) is 12.1 Å². The first-order chi connectivity index (χ1) is 10.1. The molecule has 21 heavy (non-hydrogen) atoms. The Balaban J connectivity index is 1.75. The van der Waals surface area contributed by atoms with Gasteiger partial charge in [-0.3, -0.25) is 4.90 Å². The second-order valence-corrected chi connectivity index (χ2v) is 5.80. The Morgan fingerprint density at radius 3 is 2.81 bits per heavy atom. The van der Waals surface area contributed by atoms with Crippen LogP contribution in [0.4, 0.5) is 4.39 Å². The molecule has 1 aliphatic rings. The molecule has 0 aromatic heterocycles. The van der Waals surface area contributed by atoms with Gasteiger partial charge in [0.1, 0.15) is 5.82 Å². The van der Waals surface area contributed by atoms with E-state index in [-0.39, 0.29) is 5.82 Å². The Labute approximate surface area is 127 Å². The van der Waals surface area contributed by atoms with Crippen LogP contribution in [-0.2, 0) is 4.74 Å². The molecule has 4 heteroatoms. The van der Waals surface area contributed by atoms with E-state index in [1.54, 1.807) is 12.1 Å². The molecule has 0 spiro atoms. The molecule has 0 unspecified atom stereocenters. The molecule has 1 aromatic carbocycles. The minimum absolute atomic E-state index is 0.191. The molecule has 3 nitrogen and oxygen atoms in total. The first-order valence-corrected chi connectivity index (χ1v) is 7.54. The highest BCUT2D eigenvalue weighted by Gasteiger charge is 2.19. The molecule has 0 bridgehead atoms. The molecule has 0 N–H and O–H groups in total. The molecule has 0 radical (unpaired) electrons. The van der Waals surface area contributed by atoms with Crippen LogP contribution in [0.25, 0.3) is 6.08 Å². The summed E-state index contributed by atoms with van der Waals surface area (Å²) >= 11 is 0. The maximum absolute atomic E-state index is 12.8. The Kier molecular flexibility index (Phi) is 6.36. The lowest BCUT2D eigenvalue weighted by Crippen LogP contribution is -2.43. The van der Waals surface area contributed by atoms with Crippen LogP contribution in [0.1, 0.15) is 12.0 Å². The number of ether oxygens (including phenoxy) is 1. The van der Waals surface area contributed by atoms with Gasteiger partial charge in [-0.15, -0.1) is 0 Å². The van der Waals surface area contributed by atoms with E-state index < -0.39 is 0 Å². The van der Waals surface area contributed by atoms with Gasteiger partial charge < -0.3 is 9.64 Å². The maximum Gasteiger partial charge on any atom is 0.123 e. The van der Waals surface area contributed by atoms with Crippen molar-refractivity contribution in [2.45, 2.75) is 12.5 Å². The second-order valence-electron chi connectivity index (χ2n) is 5.80. The van der Waals surface area contributed by atoms with E-state index in [9.17, 15) is 4.39 Å². The second kappa shape index (κ2) is 8.27. The quantitative estimate of drug-likeness (QED) is 0.801. The summed E-state index contributed by atoms with van der Waals surface area (Å²) < 4.78 is 18.6. The third kappa shape index (κ3) is 5.96. The van der Waals surface area contributed by atoms with E-state index in [0.717, 1.165) is 44.8 Å². The van der Waals surface area contributed by atoms with Crippen molar-refractivity contribution in [3.05, 3.63) is 41.7 Å². The lowest BCUT2D eigenvalue weighted by Gasteiger charge is -2.32. The Morgan fingerprint density at radius 2 is 2.10 bits per heavy atom. The van der Waals surface area contributed by atoms with E-state index in [1.807, 2.05) is 6.08 Å². The molecule has 1 saturated heterocycles. The minimum atomic E-state index is -0.191. The summed E-state index contributed by atoms with van der Waals surface area (Å²) in [5, 5.41) is 0. The number of rotatable bonds is 6. The summed E-state index contributed by atoms with van der Waals surface area (Å²) in [4.78, 5) is 4.60. The Bertz CT molecular complexity index is 445. The zero-order valence-electron chi connectivity index (χ0n) is 13.0. The lowest BCUT2D eigenvalue weighted by molar-refractivity contribution is -0.0304. The van der Waals surface area contributed by atoms with Crippen LogP contribution in [0.3, 0.4) is 0 Å². The fourth-order valence-corrected chi connectivity index (χ4v) is 2.43. The van der Waals surface area contributed by atoms with E-state index >= 15 is 0 Å². The fraction of sp³-hybridized carbons (Fsp3) is 0.529. The standard InChI is InChI=1S/C17H25FN2O/c1-19(2)11-9-17-14-20(12-13-21-17)10-3-4-15-5-7-16(18)8-6-15/h3-8,17H,9-14H2,1-2H3/b4-3+/t17-/m0/s1. The summed E-state index contributed by atoms with van der Waals surface area (Å²) in [6.07, 6.45) is 5.59. The average Bonchev–Trinajstić information content (AvgIpc) is 2.48. The van der Waals surface area contributed by atoms with Crippen molar-refractivity contribution >= 4 is 6.08 Å². The molecule has 1 aliphatic heterocycles. The molecule has 1 fully saturated rings. The zero-order chi connectivity index (χ0) is 15.1. The number of hydrogen-bond donors (Lipinski definition) is 0. The third-order valence-corrected chi connectivity index (χ3v) is 3.67. The average molecular weight is 292 g/mol. The van der Waals surface area contributed by atoms with Gasteiger partial charge in [0.15, 0.2) is 0 Å². The molecule has 1 heterocycles. The summed E-state index contributed by atoms with van der Waals surface area (Å²) in [5.74, 6) is -0.191. The normalized spacial score (nSPS) is 20.5. The van der Waals surface area contributed by atoms with Crippen LogP contribution >= 0.6 is 0 Å². The minimum Gasteiger partial charge on any atom is -0.376 e. The summed E-state index contributed by atoms with van der Waals surface area (Å²) in [7, 11) is 4.18. The van der Waals surface area contributed by atoms with Crippen molar-refractivity contribution < 1.29 is 9.13 Å². The van der Waals surface area contributed by atoms with Crippen LogP contribution in [-0.4, -0.2) is 62.8 Å². The molecule has 0 saturated carbocycles. The van der Waals surface area contributed by atoms with Gasteiger partial charge in [-0.1, -0.05) is 24.3 Å². The van der Waals surface area contributed by atoms with Gasteiger partial charge >= 0.3 is 0 Å². The van der Waals surface area contributed by atoms with Gasteiger partial charge in [-0.2, -0.15) is 0 Å². The Morgan fingerprint density at radius 1 is 1.33 bits per heavy atom. The van der Waals surface area contributed by atoms with Crippen molar-refractivity contribution in [3.63, 3.8) is 0 Å². The summed E-state index contributed by atoms with van der Waals surface area (Å²) in [6.45, 7) is 4.75. The smallest absolute Gasteiger partial charge is 0.123 e. The molecule has 1 atom stereocenters. The molecule has 2 rings (SSSR count). The highest BCUT2D eigenvalue weighted by atomic mass is 19.1. The SMILES string of the molecule is CN(C)CC[C@H]1CN(C/C=C/c2ccc(F)cc2)CCO1. The van der Waals surface area contributed by atoms with Crippen molar-refractivity contribution in [1.29, 1.82) is 0 Å². The van der Waals surface area contributed by atoms with Gasteiger partial charge in [0.05, 0.1) is 12.7 Å². The summed E-state index contributed by atoms with van der Waals surface area (Å²) in [5.41, 5.74) is 1.04. The number of nitrogens with zero attached hydrogens (tertiary/aromatic N) is 2. The number of morpholine rings is 1. The van der Waals surface area contributed by atoms with Crippen molar-refractivity contribution in [1.82, 2.24) is 9.80 Å². The molecule has 0 aliphatic carbocycles. The highest BCUT2D eigenvalue weighted by Crippen LogP contribution is 2.10. The van der Waals surface area contributed by atoms with Gasteiger partial charge in [0.25, 0.3) is 0 Å². The molecule has 0 amide bonds. The number of benzene rings is 1. The summed E-state index contributed by atoms with van der Waals surface area (Å²) in [6, 6.07) is 6.58. The molecule has 116 valence electrons. The topological polar surface area (TPSA) is 15.7 Å². The van der Waals surface area contributed by atoms with Crippen LogP contribution < -0.4 is 0 Å². The van der Waals surface area contributed by atoms with Gasteiger partial charge in [0, 0.05) is 26.2 Å². The van der Waals surface area contributed by atoms with Crippen LogP contribution in [0.15, 0.2) is 30.3 Å². The Hall–Kier alpha value is -1.23. The van der Waals surface area contributed by atoms with Crippen LogP contribution in [0, 0.1) is 5.82 Å². The van der Waals surface area contributed by atoms with E-state index in [4.69, 9.17) is 4.74 Å². The van der Waals surface area contributed by atoms with Crippen molar-refractivity contribution in [2.24, 2.45) is 0 Å². The van der Waals surface area contributed by atoms with E-state index in [0.29, 0.717) is 6.10 Å². The van der Waals surface area contributed by atoms with E-state index in [2.05, 4.69) is 30.0 Å². The fourth-order valence-electron chi connectivity index (χ4n) is 2.43. The monoisotopic (exact) mass is 292 g/mol. The molecular weight excluding hydrogens is 267 g/mol. The first kappa shape index (κ1) is 16.1. The van der Waals surface area contributed by atoms with Crippen molar-refractivity contribution in [2.75, 3.05) is 46.9 Å². The molecular formula is C17H25FN2O. The first-order valence-electron chi connectivity index (χ1n) is 7.54. The number of hydrogen-bond acceptors (Lipinski definition) is 3. The van der Waals surface area contributed by atoms with Crippen LogP contribution in [0.5, 0.6) is 0 Å². The zero-order valence-corrected chi connectivity index (χ0v) is 13.0. The predicted molar refractivity (Wildman–Crippen MR) is 84.8 cm³/mol. The van der Waals surface area contributed by atoms with Gasteiger partial charge in [-0.05, 0) is 38.2 Å². The van der Waals surface area contributed by atoms with Gasteiger partial charge in [0.2, 0.25) is 0 Å². The van der Waals surface area contributed by atoms with Crippen molar-refractivity contribution in [3.8, 4) is 0 Å². The predicted octanol–water partition coefficient (Wildman–Crippen LogP) is 2.49. The largest absolute Gasteiger partial charge is 0.376 e. The van der Waals surface area contributed by atoms with Gasteiger partial charge in [-0.25, -0.2) is 4.39 Å². The third-order valence-electron chi connectivity index (χ3n) is 3.67. The maximum atomic E-state index is 12.8. The molecule has 1 aromatic rings. The lowest BCUT2D eigenvalue weighted by atomic mass is 10.2. The highest BCUT2D eigenvalue weighted by molar-refractivity contribution is 5.48. The number of halogens is 1.